The third-order valence-corrected chi connectivity index (χ3v) is 4.14. The second-order valence-electron chi connectivity index (χ2n) is 3.81. The Kier molecular flexibility index (Phi) is 3.07. The van der Waals surface area contributed by atoms with Gasteiger partial charge in [0.05, 0.1) is 11.8 Å². The quantitative estimate of drug-likeness (QED) is 0.746. The van der Waals surface area contributed by atoms with Crippen molar-refractivity contribution in [3.8, 4) is 0 Å². The lowest BCUT2D eigenvalue weighted by Crippen LogP contribution is -2.28. The molecule has 1 amide bonds. The summed E-state index contributed by atoms with van der Waals surface area (Å²) in [5.74, 6) is 0.419. The molecule has 2 unspecified atom stereocenters. The molecule has 1 aliphatic rings. The van der Waals surface area contributed by atoms with E-state index in [4.69, 9.17) is 16.0 Å². The SMILES string of the molecule is CC1CN(C(=O)c2ccoc2Cl)CC1Br. The van der Waals surface area contributed by atoms with Crippen molar-refractivity contribution in [1.82, 2.24) is 4.90 Å². The highest BCUT2D eigenvalue weighted by atomic mass is 79.9. The van der Waals surface area contributed by atoms with Gasteiger partial charge in [-0.2, -0.15) is 0 Å². The maximum absolute atomic E-state index is 12.0. The summed E-state index contributed by atoms with van der Waals surface area (Å²) in [7, 11) is 0. The summed E-state index contributed by atoms with van der Waals surface area (Å²) in [6, 6.07) is 1.61. The van der Waals surface area contributed by atoms with E-state index in [2.05, 4.69) is 22.9 Å². The molecule has 1 saturated heterocycles. The second kappa shape index (κ2) is 4.18. The van der Waals surface area contributed by atoms with Crippen LogP contribution in [0.15, 0.2) is 16.7 Å². The normalized spacial score (nSPS) is 25.9. The molecule has 1 aromatic rings. The number of hydrogen-bond acceptors (Lipinski definition) is 2. The molecule has 3 nitrogen and oxygen atoms in total. The van der Waals surface area contributed by atoms with Gasteiger partial charge in [0, 0.05) is 17.9 Å². The minimum atomic E-state index is -0.0532. The number of furan rings is 1. The van der Waals surface area contributed by atoms with Crippen LogP contribution >= 0.6 is 27.5 Å². The number of alkyl halides is 1. The predicted molar refractivity (Wildman–Crippen MR) is 61.5 cm³/mol. The molecule has 82 valence electrons. The van der Waals surface area contributed by atoms with Crippen LogP contribution in [0, 0.1) is 5.92 Å². The van der Waals surface area contributed by atoms with Gasteiger partial charge in [-0.05, 0) is 23.6 Å². The summed E-state index contributed by atoms with van der Waals surface area (Å²) >= 11 is 9.30. The Bertz CT molecular complexity index is 369. The molecule has 2 atom stereocenters. The zero-order chi connectivity index (χ0) is 11.0. The Morgan fingerprint density at radius 1 is 1.67 bits per heavy atom. The summed E-state index contributed by atoms with van der Waals surface area (Å²) < 4.78 is 4.91. The van der Waals surface area contributed by atoms with Crippen LogP contribution in [0.5, 0.6) is 0 Å². The second-order valence-corrected chi connectivity index (χ2v) is 5.33. The maximum Gasteiger partial charge on any atom is 0.258 e. The first-order valence-electron chi connectivity index (χ1n) is 4.76. The first kappa shape index (κ1) is 11.0. The van der Waals surface area contributed by atoms with Crippen molar-refractivity contribution in [3.63, 3.8) is 0 Å². The minimum absolute atomic E-state index is 0.0532. The zero-order valence-electron chi connectivity index (χ0n) is 8.24. The van der Waals surface area contributed by atoms with Crippen molar-refractivity contribution in [2.75, 3.05) is 13.1 Å². The van der Waals surface area contributed by atoms with Gasteiger partial charge < -0.3 is 9.32 Å². The van der Waals surface area contributed by atoms with Gasteiger partial charge in [-0.1, -0.05) is 22.9 Å². The number of halogens is 2. The van der Waals surface area contributed by atoms with Crippen molar-refractivity contribution in [2.24, 2.45) is 5.92 Å². The Balaban J connectivity index is 2.13. The lowest BCUT2D eigenvalue weighted by molar-refractivity contribution is 0.0788. The average Bonchev–Trinajstić information content (AvgIpc) is 2.74. The number of rotatable bonds is 1. The van der Waals surface area contributed by atoms with Crippen LogP contribution in [0.2, 0.25) is 5.22 Å². The average molecular weight is 293 g/mol. The third-order valence-electron chi connectivity index (χ3n) is 2.66. The summed E-state index contributed by atoms with van der Waals surface area (Å²) in [5, 5.41) is 0.172. The monoisotopic (exact) mass is 291 g/mol. The molecule has 5 heteroatoms. The number of likely N-dealkylation sites (tertiary alicyclic amines) is 1. The Labute approximate surface area is 102 Å². The Hall–Kier alpha value is -0.480. The van der Waals surface area contributed by atoms with Gasteiger partial charge in [0.25, 0.3) is 5.91 Å². The molecule has 0 aliphatic carbocycles. The fraction of sp³-hybridized carbons (Fsp3) is 0.500. The third kappa shape index (κ3) is 2.06. The fourth-order valence-corrected chi connectivity index (χ4v) is 2.42. The van der Waals surface area contributed by atoms with Gasteiger partial charge in [-0.25, -0.2) is 0 Å². The smallest absolute Gasteiger partial charge is 0.258 e. The van der Waals surface area contributed by atoms with Crippen molar-refractivity contribution in [3.05, 3.63) is 23.1 Å². The Morgan fingerprint density at radius 3 is 2.87 bits per heavy atom. The standard InChI is InChI=1S/C10H11BrClNO2/c1-6-4-13(5-8(6)11)10(14)7-2-3-15-9(7)12/h2-3,6,8H,4-5H2,1H3. The highest BCUT2D eigenvalue weighted by Crippen LogP contribution is 2.26. The van der Waals surface area contributed by atoms with Crippen molar-refractivity contribution in [1.29, 1.82) is 0 Å². The molecule has 0 N–H and O–H groups in total. The van der Waals surface area contributed by atoms with Gasteiger partial charge in [-0.15, -0.1) is 0 Å². The van der Waals surface area contributed by atoms with Crippen LogP contribution in [0.25, 0.3) is 0 Å². The molecule has 0 saturated carbocycles. The van der Waals surface area contributed by atoms with Crippen molar-refractivity contribution in [2.45, 2.75) is 11.8 Å². The van der Waals surface area contributed by atoms with Crippen LogP contribution in [0.4, 0.5) is 0 Å². The van der Waals surface area contributed by atoms with E-state index in [1.54, 1.807) is 11.0 Å². The summed E-state index contributed by atoms with van der Waals surface area (Å²) in [5.41, 5.74) is 0.450. The molecule has 0 bridgehead atoms. The van der Waals surface area contributed by atoms with Crippen LogP contribution in [-0.4, -0.2) is 28.7 Å². The molecule has 1 aliphatic heterocycles. The van der Waals surface area contributed by atoms with Crippen LogP contribution in [0.1, 0.15) is 17.3 Å². The molecule has 0 spiro atoms. The number of amides is 1. The number of carbonyl (C=O) groups excluding carboxylic acids is 1. The highest BCUT2D eigenvalue weighted by molar-refractivity contribution is 9.09. The molecular formula is C10H11BrClNO2. The van der Waals surface area contributed by atoms with Crippen molar-refractivity contribution < 1.29 is 9.21 Å². The molecule has 2 heterocycles. The number of carbonyl (C=O) groups is 1. The topological polar surface area (TPSA) is 33.5 Å². The van der Waals surface area contributed by atoms with Gasteiger partial charge >= 0.3 is 0 Å². The summed E-state index contributed by atoms with van der Waals surface area (Å²) in [6.07, 6.45) is 1.43. The minimum Gasteiger partial charge on any atom is -0.452 e. The molecule has 0 radical (unpaired) electrons. The summed E-state index contributed by atoms with van der Waals surface area (Å²) in [6.45, 7) is 3.60. The van der Waals surface area contributed by atoms with E-state index in [9.17, 15) is 4.79 Å². The molecule has 1 aromatic heterocycles. The molecular weight excluding hydrogens is 281 g/mol. The van der Waals surface area contributed by atoms with E-state index < -0.39 is 0 Å². The number of nitrogens with zero attached hydrogens (tertiary/aromatic N) is 1. The van der Waals surface area contributed by atoms with Crippen molar-refractivity contribution >= 4 is 33.4 Å². The van der Waals surface area contributed by atoms with E-state index in [0.717, 1.165) is 13.1 Å². The molecule has 15 heavy (non-hydrogen) atoms. The van der Waals surface area contributed by atoms with Crippen LogP contribution < -0.4 is 0 Å². The van der Waals surface area contributed by atoms with E-state index in [0.29, 0.717) is 16.3 Å². The van der Waals surface area contributed by atoms with Gasteiger partial charge in [0.2, 0.25) is 5.22 Å². The van der Waals surface area contributed by atoms with Crippen LogP contribution in [0.3, 0.4) is 0 Å². The lowest BCUT2D eigenvalue weighted by atomic mass is 10.2. The van der Waals surface area contributed by atoms with Gasteiger partial charge in [-0.3, -0.25) is 4.79 Å². The van der Waals surface area contributed by atoms with Gasteiger partial charge in [0.15, 0.2) is 0 Å². The Morgan fingerprint density at radius 2 is 2.40 bits per heavy atom. The fourth-order valence-electron chi connectivity index (χ4n) is 1.71. The molecule has 0 aromatic carbocycles. The van der Waals surface area contributed by atoms with Gasteiger partial charge in [0.1, 0.15) is 0 Å². The summed E-state index contributed by atoms with van der Waals surface area (Å²) in [4.78, 5) is 14.1. The highest BCUT2D eigenvalue weighted by Gasteiger charge is 2.32. The van der Waals surface area contributed by atoms with E-state index in [1.165, 1.54) is 6.26 Å². The first-order valence-corrected chi connectivity index (χ1v) is 6.05. The molecule has 1 fully saturated rings. The van der Waals surface area contributed by atoms with E-state index in [1.807, 2.05) is 0 Å². The number of hydrogen-bond donors (Lipinski definition) is 0. The molecule has 2 rings (SSSR count). The van der Waals surface area contributed by atoms with E-state index in [-0.39, 0.29) is 11.1 Å². The largest absolute Gasteiger partial charge is 0.452 e. The zero-order valence-corrected chi connectivity index (χ0v) is 10.6. The predicted octanol–water partition coefficient (Wildman–Crippen LogP) is 2.79. The first-order chi connectivity index (χ1) is 7.09. The van der Waals surface area contributed by atoms with E-state index >= 15 is 0 Å². The van der Waals surface area contributed by atoms with Crippen LogP contribution in [-0.2, 0) is 0 Å². The maximum atomic E-state index is 12.0. The lowest BCUT2D eigenvalue weighted by Gasteiger charge is -2.14.